The van der Waals surface area contributed by atoms with Crippen LogP contribution in [0, 0.1) is 0 Å². The highest BCUT2D eigenvalue weighted by atomic mass is 35.5. The molecule has 1 amide bonds. The molecule has 1 aliphatic carbocycles. The van der Waals surface area contributed by atoms with E-state index in [2.05, 4.69) is 4.98 Å². The van der Waals surface area contributed by atoms with Crippen molar-refractivity contribution in [1.82, 2.24) is 9.88 Å². The number of halogens is 1. The van der Waals surface area contributed by atoms with Crippen LogP contribution < -0.4 is 0 Å². The second kappa shape index (κ2) is 6.30. The van der Waals surface area contributed by atoms with Gasteiger partial charge in [0, 0.05) is 24.9 Å². The van der Waals surface area contributed by atoms with E-state index in [9.17, 15) is 4.79 Å². The normalized spacial score (nSPS) is 29.0. The number of fused-ring (bicyclic) bond motifs is 1. The van der Waals surface area contributed by atoms with Crippen LogP contribution in [0.1, 0.15) is 29.8 Å². The Kier molecular flexibility index (Phi) is 4.42. The van der Waals surface area contributed by atoms with E-state index in [1.54, 1.807) is 25.4 Å². The molecule has 2 fully saturated rings. The summed E-state index contributed by atoms with van der Waals surface area (Å²) in [6, 6.07) is 3.35. The summed E-state index contributed by atoms with van der Waals surface area (Å²) in [6.07, 6.45) is 4.58. The first-order chi connectivity index (χ1) is 10.2. The number of pyridine rings is 1. The van der Waals surface area contributed by atoms with E-state index in [1.807, 2.05) is 4.90 Å². The van der Waals surface area contributed by atoms with Crippen molar-refractivity contribution < 1.29 is 14.3 Å². The first-order valence-electron chi connectivity index (χ1n) is 7.26. The van der Waals surface area contributed by atoms with Crippen molar-refractivity contribution in [2.75, 3.05) is 20.3 Å². The molecule has 1 aliphatic heterocycles. The topological polar surface area (TPSA) is 51.7 Å². The van der Waals surface area contributed by atoms with Gasteiger partial charge in [-0.2, -0.15) is 0 Å². The van der Waals surface area contributed by atoms with Crippen molar-refractivity contribution in [3.63, 3.8) is 0 Å². The number of carbonyl (C=O) groups excluding carboxylic acids is 1. The van der Waals surface area contributed by atoms with Crippen LogP contribution in [0.4, 0.5) is 0 Å². The van der Waals surface area contributed by atoms with E-state index in [0.29, 0.717) is 23.9 Å². The molecule has 1 aromatic rings. The molecule has 0 N–H and O–H groups in total. The number of carbonyl (C=O) groups is 1. The lowest BCUT2D eigenvalue weighted by Crippen LogP contribution is -2.57. The third-order valence-electron chi connectivity index (χ3n) is 4.31. The van der Waals surface area contributed by atoms with E-state index < -0.39 is 0 Å². The van der Waals surface area contributed by atoms with Crippen molar-refractivity contribution in [3.05, 3.63) is 29.0 Å². The predicted molar refractivity (Wildman–Crippen MR) is 78.5 cm³/mol. The molecule has 114 valence electrons. The standard InChI is InChI=1S/C15H19ClN2O3/c1-20-11-2-3-14-13(9-11)18(6-7-21-14)15(19)12-8-10(16)4-5-17-12/h4-5,8,11,13-14H,2-3,6-7,9H2,1H3/t11-,13+,14+/m1/s1. The SMILES string of the molecule is CO[C@@H]1CC[C@@H]2OCCN(C(=O)c3cc(Cl)ccn3)[C@H]2C1. The highest BCUT2D eigenvalue weighted by Gasteiger charge is 2.40. The number of amides is 1. The van der Waals surface area contributed by atoms with Crippen molar-refractivity contribution in [1.29, 1.82) is 0 Å². The average Bonchev–Trinajstić information content (AvgIpc) is 2.53. The quantitative estimate of drug-likeness (QED) is 0.840. The Morgan fingerprint density at radius 2 is 2.38 bits per heavy atom. The lowest BCUT2D eigenvalue weighted by molar-refractivity contribution is -0.101. The van der Waals surface area contributed by atoms with Gasteiger partial charge in [0.2, 0.25) is 0 Å². The number of rotatable bonds is 2. The molecule has 3 atom stereocenters. The fourth-order valence-corrected chi connectivity index (χ4v) is 3.37. The van der Waals surface area contributed by atoms with Gasteiger partial charge in [-0.1, -0.05) is 11.6 Å². The Labute approximate surface area is 129 Å². The molecular formula is C15H19ClN2O3. The van der Waals surface area contributed by atoms with Crippen molar-refractivity contribution in [2.24, 2.45) is 0 Å². The van der Waals surface area contributed by atoms with Crippen LogP contribution in [0.15, 0.2) is 18.3 Å². The van der Waals surface area contributed by atoms with Gasteiger partial charge < -0.3 is 14.4 Å². The molecule has 0 spiro atoms. The van der Waals surface area contributed by atoms with Crippen LogP contribution in [0.5, 0.6) is 0 Å². The third kappa shape index (κ3) is 3.05. The minimum absolute atomic E-state index is 0.0609. The maximum absolute atomic E-state index is 12.7. The summed E-state index contributed by atoms with van der Waals surface area (Å²) in [6.45, 7) is 1.16. The first kappa shape index (κ1) is 14.8. The molecule has 1 aromatic heterocycles. The smallest absolute Gasteiger partial charge is 0.272 e. The molecular weight excluding hydrogens is 292 g/mol. The molecule has 3 rings (SSSR count). The van der Waals surface area contributed by atoms with E-state index in [4.69, 9.17) is 21.1 Å². The number of methoxy groups -OCH3 is 1. The van der Waals surface area contributed by atoms with E-state index in [1.165, 1.54) is 0 Å². The number of hydrogen-bond acceptors (Lipinski definition) is 4. The van der Waals surface area contributed by atoms with Gasteiger partial charge in [-0.3, -0.25) is 9.78 Å². The van der Waals surface area contributed by atoms with Crippen LogP contribution in [0.2, 0.25) is 5.02 Å². The minimum Gasteiger partial charge on any atom is -0.381 e. The monoisotopic (exact) mass is 310 g/mol. The Morgan fingerprint density at radius 3 is 3.14 bits per heavy atom. The van der Waals surface area contributed by atoms with Crippen LogP contribution in [0.3, 0.4) is 0 Å². The zero-order valence-electron chi connectivity index (χ0n) is 12.0. The van der Waals surface area contributed by atoms with Gasteiger partial charge in [0.05, 0.1) is 24.9 Å². The first-order valence-corrected chi connectivity index (χ1v) is 7.63. The molecule has 2 aliphatic rings. The summed E-state index contributed by atoms with van der Waals surface area (Å²) < 4.78 is 11.3. The summed E-state index contributed by atoms with van der Waals surface area (Å²) in [4.78, 5) is 18.7. The van der Waals surface area contributed by atoms with Crippen LogP contribution in [-0.4, -0.2) is 54.3 Å². The highest BCUT2D eigenvalue weighted by molar-refractivity contribution is 6.30. The molecule has 1 saturated heterocycles. The second-order valence-electron chi connectivity index (χ2n) is 5.51. The molecule has 0 unspecified atom stereocenters. The maximum Gasteiger partial charge on any atom is 0.272 e. The van der Waals surface area contributed by atoms with E-state index in [-0.39, 0.29) is 24.2 Å². The zero-order valence-corrected chi connectivity index (χ0v) is 12.8. The zero-order chi connectivity index (χ0) is 14.8. The summed E-state index contributed by atoms with van der Waals surface area (Å²) in [7, 11) is 1.72. The summed E-state index contributed by atoms with van der Waals surface area (Å²) in [5.41, 5.74) is 0.391. The third-order valence-corrected chi connectivity index (χ3v) is 4.54. The van der Waals surface area contributed by atoms with E-state index in [0.717, 1.165) is 19.3 Å². The largest absolute Gasteiger partial charge is 0.381 e. The number of hydrogen-bond donors (Lipinski definition) is 0. The van der Waals surface area contributed by atoms with E-state index >= 15 is 0 Å². The minimum atomic E-state index is -0.0763. The lowest BCUT2D eigenvalue weighted by Gasteiger charge is -2.45. The number of aromatic nitrogens is 1. The van der Waals surface area contributed by atoms with Gasteiger partial charge in [0.25, 0.3) is 5.91 Å². The summed E-state index contributed by atoms with van der Waals surface area (Å²) in [5.74, 6) is -0.0763. The molecule has 0 bridgehead atoms. The molecule has 0 radical (unpaired) electrons. The van der Waals surface area contributed by atoms with Gasteiger partial charge in [0.1, 0.15) is 5.69 Å². The van der Waals surface area contributed by atoms with Gasteiger partial charge in [0.15, 0.2) is 0 Å². The van der Waals surface area contributed by atoms with Crippen LogP contribution in [0.25, 0.3) is 0 Å². The fraction of sp³-hybridized carbons (Fsp3) is 0.600. The van der Waals surface area contributed by atoms with Gasteiger partial charge in [-0.15, -0.1) is 0 Å². The molecule has 6 heteroatoms. The van der Waals surface area contributed by atoms with Crippen molar-refractivity contribution in [2.45, 2.75) is 37.5 Å². The fourth-order valence-electron chi connectivity index (χ4n) is 3.21. The molecule has 5 nitrogen and oxygen atoms in total. The number of morpholine rings is 1. The number of ether oxygens (including phenoxy) is 2. The average molecular weight is 311 g/mol. The maximum atomic E-state index is 12.7. The van der Waals surface area contributed by atoms with Gasteiger partial charge in [-0.25, -0.2) is 0 Å². The highest BCUT2D eigenvalue weighted by Crippen LogP contribution is 2.30. The Bertz CT molecular complexity index is 525. The molecule has 0 aromatic carbocycles. The Hall–Kier alpha value is -1.17. The Morgan fingerprint density at radius 1 is 1.52 bits per heavy atom. The molecule has 1 saturated carbocycles. The summed E-state index contributed by atoms with van der Waals surface area (Å²) in [5, 5.41) is 0.525. The van der Waals surface area contributed by atoms with Gasteiger partial charge in [-0.05, 0) is 31.4 Å². The molecule has 21 heavy (non-hydrogen) atoms. The Balaban J connectivity index is 1.80. The van der Waals surface area contributed by atoms with Crippen LogP contribution in [-0.2, 0) is 9.47 Å². The molecule has 2 heterocycles. The van der Waals surface area contributed by atoms with Crippen molar-refractivity contribution in [3.8, 4) is 0 Å². The van der Waals surface area contributed by atoms with Gasteiger partial charge >= 0.3 is 0 Å². The van der Waals surface area contributed by atoms with Crippen LogP contribution >= 0.6 is 11.6 Å². The predicted octanol–water partition coefficient (Wildman–Crippen LogP) is 2.14. The van der Waals surface area contributed by atoms with Crippen molar-refractivity contribution >= 4 is 17.5 Å². The second-order valence-corrected chi connectivity index (χ2v) is 5.94. The summed E-state index contributed by atoms with van der Waals surface area (Å²) >= 11 is 5.96. The number of nitrogens with zero attached hydrogens (tertiary/aromatic N) is 2. The lowest BCUT2D eigenvalue weighted by atomic mass is 9.87.